The zero-order valence-corrected chi connectivity index (χ0v) is 11.8. The van der Waals surface area contributed by atoms with E-state index in [0.29, 0.717) is 0 Å². The molecule has 20 heavy (non-hydrogen) atoms. The van der Waals surface area contributed by atoms with Crippen LogP contribution in [-0.2, 0) is 6.42 Å². The topological polar surface area (TPSA) is 30.2 Å². The van der Waals surface area contributed by atoms with Gasteiger partial charge in [0.1, 0.15) is 5.58 Å². The maximum atomic E-state index is 11.4. The molecule has 1 aromatic heterocycles. The van der Waals surface area contributed by atoms with Crippen molar-refractivity contribution in [1.29, 1.82) is 0 Å². The van der Waals surface area contributed by atoms with E-state index in [2.05, 4.69) is 12.1 Å². The van der Waals surface area contributed by atoms with Gasteiger partial charge in [-0.2, -0.15) is 0 Å². The van der Waals surface area contributed by atoms with E-state index in [1.165, 1.54) is 5.56 Å². The number of benzene rings is 2. The maximum absolute atomic E-state index is 11.4. The Bertz CT molecular complexity index is 772. The van der Waals surface area contributed by atoms with Gasteiger partial charge in [0.25, 0.3) is 5.24 Å². The van der Waals surface area contributed by atoms with Crippen molar-refractivity contribution >= 4 is 27.8 Å². The van der Waals surface area contributed by atoms with Crippen molar-refractivity contribution in [3.8, 4) is 0 Å². The lowest BCUT2D eigenvalue weighted by Gasteiger charge is -2.02. The Morgan fingerprint density at radius 3 is 2.55 bits per heavy atom. The number of hydrogen-bond donors (Lipinski definition) is 0. The highest BCUT2D eigenvalue weighted by molar-refractivity contribution is 6.67. The van der Waals surface area contributed by atoms with E-state index in [1.54, 1.807) is 0 Å². The van der Waals surface area contributed by atoms with Gasteiger partial charge in [-0.25, -0.2) is 0 Å². The second-order valence-corrected chi connectivity index (χ2v) is 5.13. The Labute approximate surface area is 122 Å². The number of para-hydroxylation sites is 1. The molecule has 0 saturated carbocycles. The largest absolute Gasteiger partial charge is 0.451 e. The molecule has 0 amide bonds. The van der Waals surface area contributed by atoms with E-state index in [-0.39, 0.29) is 5.76 Å². The van der Waals surface area contributed by atoms with Crippen molar-refractivity contribution in [2.45, 2.75) is 13.3 Å². The molecule has 100 valence electrons. The van der Waals surface area contributed by atoms with Crippen molar-refractivity contribution in [2.75, 3.05) is 0 Å². The fourth-order valence-corrected chi connectivity index (χ4v) is 2.62. The van der Waals surface area contributed by atoms with Crippen LogP contribution in [0.3, 0.4) is 0 Å². The third kappa shape index (κ3) is 2.23. The van der Waals surface area contributed by atoms with Gasteiger partial charge in [0.2, 0.25) is 0 Å². The van der Waals surface area contributed by atoms with Crippen LogP contribution >= 0.6 is 11.6 Å². The molecule has 2 nitrogen and oxygen atoms in total. The van der Waals surface area contributed by atoms with Crippen molar-refractivity contribution in [2.24, 2.45) is 0 Å². The predicted molar refractivity (Wildman–Crippen MR) is 80.4 cm³/mol. The molecule has 0 bridgehead atoms. The highest BCUT2D eigenvalue weighted by atomic mass is 35.5. The highest BCUT2D eigenvalue weighted by Gasteiger charge is 2.17. The van der Waals surface area contributed by atoms with Crippen LogP contribution in [0.1, 0.15) is 27.2 Å². The molecule has 0 aliphatic carbocycles. The highest BCUT2D eigenvalue weighted by Crippen LogP contribution is 2.30. The van der Waals surface area contributed by atoms with Crippen molar-refractivity contribution < 1.29 is 9.21 Å². The Morgan fingerprint density at radius 1 is 1.10 bits per heavy atom. The minimum Gasteiger partial charge on any atom is -0.451 e. The van der Waals surface area contributed by atoms with Crippen molar-refractivity contribution in [1.82, 2.24) is 0 Å². The maximum Gasteiger partial charge on any atom is 0.288 e. The molecule has 3 heteroatoms. The van der Waals surface area contributed by atoms with E-state index in [4.69, 9.17) is 16.0 Å². The summed E-state index contributed by atoms with van der Waals surface area (Å²) in [6.45, 7) is 1.85. The number of fused-ring (bicyclic) bond motifs is 1. The number of furan rings is 1. The number of aryl methyl sites for hydroxylation is 1. The molecule has 0 spiro atoms. The van der Waals surface area contributed by atoms with Crippen LogP contribution in [-0.4, -0.2) is 5.24 Å². The van der Waals surface area contributed by atoms with Gasteiger partial charge < -0.3 is 4.42 Å². The lowest BCUT2D eigenvalue weighted by molar-refractivity contribution is 0.105. The molecule has 0 fully saturated rings. The van der Waals surface area contributed by atoms with Crippen LogP contribution in [0.2, 0.25) is 0 Å². The first-order valence-electron chi connectivity index (χ1n) is 6.41. The average molecular weight is 285 g/mol. The van der Waals surface area contributed by atoms with E-state index in [9.17, 15) is 4.79 Å². The van der Waals surface area contributed by atoms with Gasteiger partial charge in [-0.15, -0.1) is 0 Å². The average Bonchev–Trinajstić information content (AvgIpc) is 2.79. The van der Waals surface area contributed by atoms with Gasteiger partial charge in [0.05, 0.1) is 0 Å². The zero-order chi connectivity index (χ0) is 14.1. The Kier molecular flexibility index (Phi) is 3.33. The van der Waals surface area contributed by atoms with E-state index in [1.807, 2.05) is 43.3 Å². The third-order valence-electron chi connectivity index (χ3n) is 3.46. The molecule has 3 rings (SSSR count). The summed E-state index contributed by atoms with van der Waals surface area (Å²) in [5.41, 5.74) is 3.81. The fraction of sp³-hybridized carbons (Fsp3) is 0.118. The molecule has 0 aliphatic heterocycles. The first-order valence-corrected chi connectivity index (χ1v) is 6.79. The van der Waals surface area contributed by atoms with Gasteiger partial charge in [0.15, 0.2) is 5.76 Å². The molecule has 1 heterocycles. The molecule has 0 saturated heterocycles. The summed E-state index contributed by atoms with van der Waals surface area (Å²) in [4.78, 5) is 11.4. The minimum absolute atomic E-state index is 0.238. The van der Waals surface area contributed by atoms with Gasteiger partial charge in [-0.3, -0.25) is 4.79 Å². The lowest BCUT2D eigenvalue weighted by atomic mass is 10.0. The molecule has 0 unspecified atom stereocenters. The molecular formula is C17H13ClO2. The smallest absolute Gasteiger partial charge is 0.288 e. The second kappa shape index (κ2) is 5.14. The summed E-state index contributed by atoms with van der Waals surface area (Å²) in [7, 11) is 0. The van der Waals surface area contributed by atoms with Crippen LogP contribution in [0.5, 0.6) is 0 Å². The number of carbonyl (C=O) groups is 1. The predicted octanol–water partition coefficient (Wildman–Crippen LogP) is 4.71. The second-order valence-electron chi connectivity index (χ2n) is 4.79. The molecule has 2 aromatic carbocycles. The fourth-order valence-electron chi connectivity index (χ4n) is 2.44. The number of hydrogen-bond acceptors (Lipinski definition) is 2. The minimum atomic E-state index is -0.552. The van der Waals surface area contributed by atoms with Crippen LogP contribution in [0.4, 0.5) is 0 Å². The first-order chi connectivity index (χ1) is 9.66. The quantitative estimate of drug-likeness (QED) is 0.652. The summed E-state index contributed by atoms with van der Waals surface area (Å²) < 4.78 is 5.68. The Morgan fingerprint density at radius 2 is 1.85 bits per heavy atom. The lowest BCUT2D eigenvalue weighted by Crippen LogP contribution is -1.88. The van der Waals surface area contributed by atoms with E-state index < -0.39 is 5.24 Å². The molecule has 0 N–H and O–H groups in total. The SMILES string of the molecule is Cc1c(C(=O)Cl)oc2c(Cc3ccccc3)cccc12. The Balaban J connectivity index is 2.12. The van der Waals surface area contributed by atoms with Crippen LogP contribution < -0.4 is 0 Å². The monoisotopic (exact) mass is 284 g/mol. The summed E-state index contributed by atoms with van der Waals surface area (Å²) in [6, 6.07) is 16.1. The molecule has 0 radical (unpaired) electrons. The molecule has 0 atom stereocenters. The first kappa shape index (κ1) is 12.9. The standard InChI is InChI=1S/C17H13ClO2/c1-11-14-9-5-8-13(10-12-6-3-2-4-7-12)16(14)20-15(11)17(18)19/h2-9H,10H2,1H3. The normalized spacial score (nSPS) is 10.9. The van der Waals surface area contributed by atoms with Crippen molar-refractivity contribution in [3.05, 3.63) is 71.0 Å². The summed E-state index contributed by atoms with van der Waals surface area (Å²) >= 11 is 5.56. The van der Waals surface area contributed by atoms with Crippen LogP contribution in [0, 0.1) is 6.92 Å². The number of carbonyl (C=O) groups excluding carboxylic acids is 1. The summed E-state index contributed by atoms with van der Waals surface area (Å²) in [6.07, 6.45) is 0.765. The molecular weight excluding hydrogens is 272 g/mol. The third-order valence-corrected chi connectivity index (χ3v) is 3.63. The summed E-state index contributed by atoms with van der Waals surface area (Å²) in [5, 5.41) is 0.395. The van der Waals surface area contributed by atoms with E-state index >= 15 is 0 Å². The van der Waals surface area contributed by atoms with Gasteiger partial charge in [0, 0.05) is 17.4 Å². The van der Waals surface area contributed by atoms with Gasteiger partial charge in [-0.1, -0.05) is 48.5 Å². The molecule has 3 aromatic rings. The van der Waals surface area contributed by atoms with E-state index in [0.717, 1.165) is 28.5 Å². The summed E-state index contributed by atoms with van der Waals surface area (Å²) in [5.74, 6) is 0.238. The van der Waals surface area contributed by atoms with Gasteiger partial charge in [-0.05, 0) is 29.7 Å². The van der Waals surface area contributed by atoms with Crippen molar-refractivity contribution in [3.63, 3.8) is 0 Å². The zero-order valence-electron chi connectivity index (χ0n) is 11.0. The van der Waals surface area contributed by atoms with Crippen LogP contribution in [0.25, 0.3) is 11.0 Å². The number of rotatable bonds is 3. The molecule has 0 aliphatic rings. The Hall–Kier alpha value is -2.06. The van der Waals surface area contributed by atoms with Crippen LogP contribution in [0.15, 0.2) is 52.9 Å². The number of halogens is 1. The van der Waals surface area contributed by atoms with Gasteiger partial charge >= 0.3 is 0 Å².